The zero-order valence-corrected chi connectivity index (χ0v) is 16.8. The summed E-state index contributed by atoms with van der Waals surface area (Å²) in [6.07, 6.45) is 2.03. The van der Waals surface area contributed by atoms with E-state index in [1.54, 1.807) is 0 Å². The van der Waals surface area contributed by atoms with Gasteiger partial charge in [-0.1, -0.05) is 65.9 Å². The molecule has 2 aromatic carbocycles. The molecular formula is C21H20N2O2S2. The van der Waals surface area contributed by atoms with E-state index >= 15 is 0 Å². The third kappa shape index (κ3) is 5.05. The Labute approximate surface area is 168 Å². The van der Waals surface area contributed by atoms with Crippen molar-refractivity contribution in [1.82, 2.24) is 4.90 Å². The van der Waals surface area contributed by atoms with Gasteiger partial charge < -0.3 is 5.32 Å². The number of thiocarbonyl (C=S) groups is 1. The zero-order valence-electron chi connectivity index (χ0n) is 15.2. The number of nitrogens with one attached hydrogen (secondary N) is 1. The van der Waals surface area contributed by atoms with Gasteiger partial charge in [0.15, 0.2) is 0 Å². The fourth-order valence-corrected chi connectivity index (χ4v) is 3.98. The number of hydrogen-bond acceptors (Lipinski definition) is 4. The van der Waals surface area contributed by atoms with Gasteiger partial charge in [0.2, 0.25) is 5.91 Å². The summed E-state index contributed by atoms with van der Waals surface area (Å²) in [6.45, 7) is 4.26. The van der Waals surface area contributed by atoms with Crippen LogP contribution in [0.2, 0.25) is 0 Å². The minimum absolute atomic E-state index is 0.142. The molecule has 27 heavy (non-hydrogen) atoms. The smallest absolute Gasteiger partial charge is 0.266 e. The highest BCUT2D eigenvalue weighted by Gasteiger charge is 2.32. The van der Waals surface area contributed by atoms with Crippen molar-refractivity contribution in [3.63, 3.8) is 0 Å². The van der Waals surface area contributed by atoms with Gasteiger partial charge in [-0.15, -0.1) is 0 Å². The van der Waals surface area contributed by atoms with Gasteiger partial charge in [-0.2, -0.15) is 0 Å². The molecule has 0 radical (unpaired) electrons. The van der Waals surface area contributed by atoms with Crippen molar-refractivity contribution in [3.8, 4) is 0 Å². The normalized spacial score (nSPS) is 15.5. The van der Waals surface area contributed by atoms with E-state index in [0.29, 0.717) is 9.23 Å². The second-order valence-corrected chi connectivity index (χ2v) is 8.09. The van der Waals surface area contributed by atoms with Crippen LogP contribution in [0.3, 0.4) is 0 Å². The zero-order chi connectivity index (χ0) is 19.4. The van der Waals surface area contributed by atoms with Crippen LogP contribution in [-0.4, -0.2) is 27.6 Å². The molecule has 6 heteroatoms. The second-order valence-electron chi connectivity index (χ2n) is 6.41. The number of thioether (sulfide) groups is 1. The molecule has 1 N–H and O–H groups in total. The van der Waals surface area contributed by atoms with Gasteiger partial charge in [0.25, 0.3) is 5.91 Å². The summed E-state index contributed by atoms with van der Waals surface area (Å²) in [4.78, 5) is 26.9. The van der Waals surface area contributed by atoms with Crippen LogP contribution in [0.15, 0.2) is 53.4 Å². The number of nitrogens with zero attached hydrogens (tertiary/aromatic N) is 1. The van der Waals surface area contributed by atoms with Crippen molar-refractivity contribution >= 4 is 51.9 Å². The van der Waals surface area contributed by atoms with Crippen LogP contribution in [0.5, 0.6) is 0 Å². The second kappa shape index (κ2) is 8.50. The van der Waals surface area contributed by atoms with Crippen LogP contribution in [0, 0.1) is 13.8 Å². The number of benzene rings is 2. The molecule has 2 aromatic rings. The minimum atomic E-state index is -0.145. The highest BCUT2D eigenvalue weighted by atomic mass is 32.2. The van der Waals surface area contributed by atoms with Crippen LogP contribution in [0.4, 0.5) is 5.69 Å². The number of carbonyl (C=O) groups excluding carboxylic acids is 2. The summed E-state index contributed by atoms with van der Waals surface area (Å²) in [7, 11) is 0. The number of hydrogen-bond donors (Lipinski definition) is 1. The first kappa shape index (κ1) is 19.3. The predicted octanol–water partition coefficient (Wildman–Crippen LogP) is 4.53. The molecule has 1 heterocycles. The molecule has 0 aromatic heterocycles. The quantitative estimate of drug-likeness (QED) is 0.596. The number of carbonyl (C=O) groups is 2. The van der Waals surface area contributed by atoms with E-state index in [0.717, 1.165) is 16.8 Å². The Balaban J connectivity index is 1.60. The SMILES string of the molecule is Cc1ccc(/C=C2/SC(=S)N(CCC(=O)Nc3cccc(C)c3)C2=O)cc1. The van der Waals surface area contributed by atoms with Crippen molar-refractivity contribution in [2.24, 2.45) is 0 Å². The molecule has 138 valence electrons. The van der Waals surface area contributed by atoms with Gasteiger partial charge in [0, 0.05) is 18.7 Å². The first-order chi connectivity index (χ1) is 12.9. The molecular weight excluding hydrogens is 376 g/mol. The average Bonchev–Trinajstić information content (AvgIpc) is 2.88. The highest BCUT2D eigenvalue weighted by molar-refractivity contribution is 8.26. The molecule has 3 rings (SSSR count). The summed E-state index contributed by atoms with van der Waals surface area (Å²) in [5.74, 6) is -0.286. The van der Waals surface area contributed by atoms with Gasteiger partial charge in [-0.3, -0.25) is 14.5 Å². The predicted molar refractivity (Wildman–Crippen MR) is 115 cm³/mol. The largest absolute Gasteiger partial charge is 0.326 e. The summed E-state index contributed by atoms with van der Waals surface area (Å²) in [5, 5.41) is 2.85. The monoisotopic (exact) mass is 396 g/mol. The fourth-order valence-electron chi connectivity index (χ4n) is 2.67. The molecule has 1 fully saturated rings. The highest BCUT2D eigenvalue weighted by Crippen LogP contribution is 2.32. The summed E-state index contributed by atoms with van der Waals surface area (Å²) in [6, 6.07) is 15.5. The molecule has 0 spiro atoms. The van der Waals surface area contributed by atoms with Crippen molar-refractivity contribution in [1.29, 1.82) is 0 Å². The van der Waals surface area contributed by atoms with Crippen LogP contribution < -0.4 is 5.32 Å². The standard InChI is InChI=1S/C21H20N2O2S2/c1-14-6-8-16(9-7-14)13-18-20(25)23(21(26)27-18)11-10-19(24)22-17-5-3-4-15(2)12-17/h3-9,12-13H,10-11H2,1-2H3,(H,22,24)/b18-13+. The van der Waals surface area contributed by atoms with Crippen molar-refractivity contribution < 1.29 is 9.59 Å². The number of rotatable bonds is 5. The molecule has 2 amide bonds. The van der Waals surface area contributed by atoms with E-state index in [1.807, 2.05) is 68.5 Å². The van der Waals surface area contributed by atoms with Crippen molar-refractivity contribution in [2.45, 2.75) is 20.3 Å². The Morgan fingerprint density at radius 1 is 1.15 bits per heavy atom. The molecule has 1 aliphatic rings. The molecule has 0 atom stereocenters. The lowest BCUT2D eigenvalue weighted by molar-refractivity contribution is -0.122. The Morgan fingerprint density at radius 3 is 2.59 bits per heavy atom. The summed E-state index contributed by atoms with van der Waals surface area (Å²) < 4.78 is 0.488. The van der Waals surface area contributed by atoms with Gasteiger partial charge >= 0.3 is 0 Å². The Hall–Kier alpha value is -2.44. The van der Waals surface area contributed by atoms with E-state index < -0.39 is 0 Å². The number of anilines is 1. The minimum Gasteiger partial charge on any atom is -0.326 e. The molecule has 0 bridgehead atoms. The fraction of sp³-hybridized carbons (Fsp3) is 0.190. The number of aryl methyl sites for hydroxylation is 2. The molecule has 1 saturated heterocycles. The lowest BCUT2D eigenvalue weighted by Crippen LogP contribution is -2.31. The van der Waals surface area contributed by atoms with Crippen LogP contribution in [0.1, 0.15) is 23.1 Å². The maximum Gasteiger partial charge on any atom is 0.266 e. The van der Waals surface area contributed by atoms with Gasteiger partial charge in [0.05, 0.1) is 4.91 Å². The van der Waals surface area contributed by atoms with E-state index in [1.165, 1.54) is 22.2 Å². The summed E-state index contributed by atoms with van der Waals surface area (Å²) >= 11 is 6.60. The third-order valence-electron chi connectivity index (χ3n) is 4.11. The maximum absolute atomic E-state index is 12.6. The average molecular weight is 397 g/mol. The van der Waals surface area contributed by atoms with Crippen LogP contribution >= 0.6 is 24.0 Å². The molecule has 0 aliphatic carbocycles. The first-order valence-electron chi connectivity index (χ1n) is 8.61. The Morgan fingerprint density at radius 2 is 1.89 bits per heavy atom. The Bertz CT molecular complexity index is 920. The van der Waals surface area contributed by atoms with Crippen molar-refractivity contribution in [2.75, 3.05) is 11.9 Å². The first-order valence-corrected chi connectivity index (χ1v) is 9.83. The van der Waals surface area contributed by atoms with Crippen LogP contribution in [0.25, 0.3) is 6.08 Å². The maximum atomic E-state index is 12.6. The molecule has 0 unspecified atom stereocenters. The van der Waals surface area contributed by atoms with Gasteiger partial charge in [0.1, 0.15) is 4.32 Å². The lowest BCUT2D eigenvalue weighted by Gasteiger charge is -2.14. The lowest BCUT2D eigenvalue weighted by atomic mass is 10.1. The summed E-state index contributed by atoms with van der Waals surface area (Å²) in [5.41, 5.74) is 3.95. The van der Waals surface area contributed by atoms with Gasteiger partial charge in [-0.25, -0.2) is 0 Å². The van der Waals surface area contributed by atoms with Crippen LogP contribution in [-0.2, 0) is 9.59 Å². The van der Waals surface area contributed by atoms with E-state index in [9.17, 15) is 9.59 Å². The van der Waals surface area contributed by atoms with Crippen molar-refractivity contribution in [3.05, 3.63) is 70.1 Å². The molecule has 1 aliphatic heterocycles. The number of amides is 2. The molecule has 0 saturated carbocycles. The third-order valence-corrected chi connectivity index (χ3v) is 5.49. The van der Waals surface area contributed by atoms with E-state index in [4.69, 9.17) is 12.2 Å². The topological polar surface area (TPSA) is 49.4 Å². The molecule has 4 nitrogen and oxygen atoms in total. The van der Waals surface area contributed by atoms with Gasteiger partial charge in [-0.05, 0) is 43.2 Å². The van der Waals surface area contributed by atoms with E-state index in [-0.39, 0.29) is 24.8 Å². The van der Waals surface area contributed by atoms with E-state index in [2.05, 4.69) is 5.32 Å². The Kier molecular flexibility index (Phi) is 6.08.